The quantitative estimate of drug-likeness (QED) is 0.703. The molecule has 0 spiro atoms. The van der Waals surface area contributed by atoms with E-state index < -0.39 is 11.5 Å². The van der Waals surface area contributed by atoms with Gasteiger partial charge in [-0.2, -0.15) is 0 Å². The molecule has 18 heavy (non-hydrogen) atoms. The summed E-state index contributed by atoms with van der Waals surface area (Å²) in [6, 6.07) is 0.123. The zero-order chi connectivity index (χ0) is 14.6. The Balaban J connectivity index is 4.65. The van der Waals surface area contributed by atoms with Gasteiger partial charge in [-0.3, -0.25) is 10.1 Å². The van der Waals surface area contributed by atoms with Crippen LogP contribution >= 0.6 is 0 Å². The SMILES string of the molecule is CCC(C)(C)OC(C)CC(C)(NC(C)C)C(=O)O. The van der Waals surface area contributed by atoms with Crippen LogP contribution in [0.15, 0.2) is 0 Å². The van der Waals surface area contributed by atoms with E-state index in [0.29, 0.717) is 6.42 Å². The van der Waals surface area contributed by atoms with E-state index in [9.17, 15) is 9.90 Å². The Morgan fingerprint density at radius 3 is 2.11 bits per heavy atom. The smallest absolute Gasteiger partial charge is 0.323 e. The van der Waals surface area contributed by atoms with Crippen molar-refractivity contribution in [2.75, 3.05) is 0 Å². The molecular formula is C14H29NO3. The normalized spacial score (nSPS) is 17.6. The molecule has 2 atom stereocenters. The van der Waals surface area contributed by atoms with Gasteiger partial charge in [-0.05, 0) is 48.0 Å². The van der Waals surface area contributed by atoms with Gasteiger partial charge in [-0.25, -0.2) is 0 Å². The number of hydrogen-bond acceptors (Lipinski definition) is 3. The summed E-state index contributed by atoms with van der Waals surface area (Å²) in [7, 11) is 0. The van der Waals surface area contributed by atoms with Gasteiger partial charge in [0.2, 0.25) is 0 Å². The van der Waals surface area contributed by atoms with E-state index in [1.165, 1.54) is 0 Å². The van der Waals surface area contributed by atoms with Crippen molar-refractivity contribution in [2.45, 2.75) is 84.6 Å². The number of hydrogen-bond donors (Lipinski definition) is 2. The van der Waals surface area contributed by atoms with E-state index in [0.717, 1.165) is 6.42 Å². The Morgan fingerprint density at radius 1 is 1.28 bits per heavy atom. The molecule has 0 saturated carbocycles. The molecule has 0 bridgehead atoms. The van der Waals surface area contributed by atoms with Gasteiger partial charge in [-0.1, -0.05) is 6.92 Å². The molecule has 0 aliphatic heterocycles. The molecule has 0 aromatic rings. The van der Waals surface area contributed by atoms with Gasteiger partial charge in [-0.15, -0.1) is 0 Å². The Kier molecular flexibility index (Phi) is 6.30. The Hall–Kier alpha value is -0.610. The number of rotatable bonds is 8. The van der Waals surface area contributed by atoms with E-state index >= 15 is 0 Å². The van der Waals surface area contributed by atoms with Crippen LogP contribution in [0.3, 0.4) is 0 Å². The van der Waals surface area contributed by atoms with Gasteiger partial charge in [0.15, 0.2) is 0 Å². The zero-order valence-electron chi connectivity index (χ0n) is 12.8. The highest BCUT2D eigenvalue weighted by atomic mass is 16.5. The summed E-state index contributed by atoms with van der Waals surface area (Å²) in [4.78, 5) is 11.4. The predicted molar refractivity (Wildman–Crippen MR) is 73.8 cm³/mol. The minimum absolute atomic E-state index is 0.104. The van der Waals surface area contributed by atoms with Crippen LogP contribution in [0.2, 0.25) is 0 Å². The number of carboxylic acids is 1. The first-order valence-corrected chi connectivity index (χ1v) is 6.71. The lowest BCUT2D eigenvalue weighted by molar-refractivity contribution is -0.148. The molecule has 0 amide bonds. The van der Waals surface area contributed by atoms with Crippen molar-refractivity contribution in [3.05, 3.63) is 0 Å². The Morgan fingerprint density at radius 2 is 1.78 bits per heavy atom. The highest BCUT2D eigenvalue weighted by Gasteiger charge is 2.36. The largest absolute Gasteiger partial charge is 0.480 e. The third-order valence-electron chi connectivity index (χ3n) is 3.15. The van der Waals surface area contributed by atoms with Crippen LogP contribution in [-0.4, -0.2) is 34.4 Å². The third kappa shape index (κ3) is 5.83. The number of nitrogens with one attached hydrogen (secondary N) is 1. The van der Waals surface area contributed by atoms with Gasteiger partial charge >= 0.3 is 5.97 Å². The van der Waals surface area contributed by atoms with Crippen molar-refractivity contribution < 1.29 is 14.6 Å². The molecule has 0 rings (SSSR count). The Bertz CT molecular complexity index is 276. The van der Waals surface area contributed by atoms with Crippen LogP contribution < -0.4 is 5.32 Å². The second-order valence-electron chi connectivity index (χ2n) is 6.18. The van der Waals surface area contributed by atoms with E-state index in [2.05, 4.69) is 12.2 Å². The number of ether oxygens (including phenoxy) is 1. The van der Waals surface area contributed by atoms with E-state index in [4.69, 9.17) is 4.74 Å². The number of carboxylic acid groups (broad SMARTS) is 1. The lowest BCUT2D eigenvalue weighted by Crippen LogP contribution is -2.54. The maximum absolute atomic E-state index is 11.4. The zero-order valence-corrected chi connectivity index (χ0v) is 12.8. The van der Waals surface area contributed by atoms with E-state index in [1.54, 1.807) is 6.92 Å². The molecule has 0 aliphatic carbocycles. The van der Waals surface area contributed by atoms with Gasteiger partial charge in [0.05, 0.1) is 11.7 Å². The minimum atomic E-state index is -0.947. The molecule has 108 valence electrons. The minimum Gasteiger partial charge on any atom is -0.480 e. The lowest BCUT2D eigenvalue weighted by atomic mass is 9.93. The van der Waals surface area contributed by atoms with Gasteiger partial charge < -0.3 is 9.84 Å². The fourth-order valence-corrected chi connectivity index (χ4v) is 2.09. The van der Waals surface area contributed by atoms with Crippen molar-refractivity contribution in [3.8, 4) is 0 Å². The Labute approximate surface area is 111 Å². The van der Waals surface area contributed by atoms with Crippen molar-refractivity contribution in [1.82, 2.24) is 5.32 Å². The summed E-state index contributed by atoms with van der Waals surface area (Å²) >= 11 is 0. The van der Waals surface area contributed by atoms with E-state index in [1.807, 2.05) is 34.6 Å². The van der Waals surface area contributed by atoms with Crippen LogP contribution in [0.1, 0.15) is 61.3 Å². The monoisotopic (exact) mass is 259 g/mol. The number of carbonyl (C=O) groups is 1. The van der Waals surface area contributed by atoms with Crippen LogP contribution in [0.25, 0.3) is 0 Å². The maximum atomic E-state index is 11.4. The van der Waals surface area contributed by atoms with Crippen LogP contribution in [-0.2, 0) is 9.53 Å². The second-order valence-corrected chi connectivity index (χ2v) is 6.18. The summed E-state index contributed by atoms with van der Waals surface area (Å²) in [5, 5.41) is 12.5. The molecule has 0 aromatic heterocycles. The maximum Gasteiger partial charge on any atom is 0.323 e. The predicted octanol–water partition coefficient (Wildman–Crippen LogP) is 2.81. The molecule has 0 aliphatic rings. The highest BCUT2D eigenvalue weighted by Crippen LogP contribution is 2.22. The first-order valence-electron chi connectivity index (χ1n) is 6.71. The van der Waals surface area contributed by atoms with Crippen molar-refractivity contribution in [2.24, 2.45) is 0 Å². The summed E-state index contributed by atoms with van der Waals surface area (Å²) < 4.78 is 5.91. The van der Waals surface area contributed by atoms with Crippen molar-refractivity contribution >= 4 is 5.97 Å². The standard InChI is InChI=1S/C14H29NO3/c1-8-13(5,6)18-11(4)9-14(7,12(16)17)15-10(2)3/h10-11,15H,8-9H2,1-7H3,(H,16,17). The molecule has 2 unspecified atom stereocenters. The highest BCUT2D eigenvalue weighted by molar-refractivity contribution is 5.78. The average Bonchev–Trinajstić information content (AvgIpc) is 2.14. The molecule has 4 nitrogen and oxygen atoms in total. The fraction of sp³-hybridized carbons (Fsp3) is 0.929. The van der Waals surface area contributed by atoms with Crippen LogP contribution in [0.5, 0.6) is 0 Å². The molecule has 0 fully saturated rings. The topological polar surface area (TPSA) is 58.6 Å². The molecule has 0 aromatic carbocycles. The summed E-state index contributed by atoms with van der Waals surface area (Å²) in [6.07, 6.45) is 1.25. The molecular weight excluding hydrogens is 230 g/mol. The summed E-state index contributed by atoms with van der Waals surface area (Å²) in [6.45, 7) is 13.7. The summed E-state index contributed by atoms with van der Waals surface area (Å²) in [5.74, 6) is -0.832. The van der Waals surface area contributed by atoms with E-state index in [-0.39, 0.29) is 17.7 Å². The van der Waals surface area contributed by atoms with Gasteiger partial charge in [0, 0.05) is 12.5 Å². The third-order valence-corrected chi connectivity index (χ3v) is 3.15. The molecule has 0 saturated heterocycles. The number of aliphatic carboxylic acids is 1. The van der Waals surface area contributed by atoms with Gasteiger partial charge in [0.1, 0.15) is 5.54 Å². The molecule has 2 N–H and O–H groups in total. The molecule has 4 heteroatoms. The molecule has 0 heterocycles. The van der Waals surface area contributed by atoms with Crippen LogP contribution in [0, 0.1) is 0 Å². The average molecular weight is 259 g/mol. The lowest BCUT2D eigenvalue weighted by Gasteiger charge is -2.34. The van der Waals surface area contributed by atoms with Crippen LogP contribution in [0.4, 0.5) is 0 Å². The van der Waals surface area contributed by atoms with Crippen molar-refractivity contribution in [3.63, 3.8) is 0 Å². The fourth-order valence-electron chi connectivity index (χ4n) is 2.09. The summed E-state index contributed by atoms with van der Waals surface area (Å²) in [5.41, 5.74) is -1.16. The van der Waals surface area contributed by atoms with Gasteiger partial charge in [0.25, 0.3) is 0 Å². The van der Waals surface area contributed by atoms with Crippen molar-refractivity contribution in [1.29, 1.82) is 0 Å². The first kappa shape index (κ1) is 17.4. The second kappa shape index (κ2) is 6.53. The molecule has 0 radical (unpaired) electrons. The first-order chi connectivity index (χ1) is 8.02.